The van der Waals surface area contributed by atoms with Crippen LogP contribution in [0.5, 0.6) is 5.75 Å². The standard InChI is InChI=1S/C18H14BrN3O2/c1-22-15-8-16(24-2)14(19)7-13(15)18(21-10-17(22)23)12-5-3-4-11(6-12)9-20/h3-8H,10H2,1-2H3. The number of nitriles is 1. The van der Waals surface area contributed by atoms with Gasteiger partial charge in [0.25, 0.3) is 0 Å². The van der Waals surface area contributed by atoms with Crippen LogP contribution in [0, 0.1) is 11.3 Å². The smallest absolute Gasteiger partial charge is 0.248 e. The zero-order valence-corrected chi connectivity index (χ0v) is 14.8. The minimum absolute atomic E-state index is 0.0528. The van der Waals surface area contributed by atoms with Gasteiger partial charge in [0.05, 0.1) is 34.6 Å². The summed E-state index contributed by atoms with van der Waals surface area (Å²) in [7, 11) is 3.30. The van der Waals surface area contributed by atoms with E-state index < -0.39 is 0 Å². The Labute approximate surface area is 148 Å². The van der Waals surface area contributed by atoms with Gasteiger partial charge in [0.15, 0.2) is 0 Å². The maximum Gasteiger partial charge on any atom is 0.248 e. The van der Waals surface area contributed by atoms with E-state index in [0.29, 0.717) is 17.0 Å². The molecule has 0 saturated heterocycles. The third kappa shape index (κ3) is 2.79. The Hall–Kier alpha value is -2.65. The molecule has 24 heavy (non-hydrogen) atoms. The Balaban J connectivity index is 2.25. The lowest BCUT2D eigenvalue weighted by atomic mass is 9.98. The Morgan fingerprint density at radius 1 is 1.33 bits per heavy atom. The van der Waals surface area contributed by atoms with Crippen LogP contribution in [0.1, 0.15) is 16.7 Å². The van der Waals surface area contributed by atoms with Crippen molar-refractivity contribution in [2.75, 3.05) is 25.6 Å². The largest absolute Gasteiger partial charge is 0.495 e. The highest BCUT2D eigenvalue weighted by Crippen LogP contribution is 2.35. The second-order valence-electron chi connectivity index (χ2n) is 5.31. The molecule has 0 atom stereocenters. The molecule has 0 spiro atoms. The van der Waals surface area contributed by atoms with Crippen molar-refractivity contribution in [2.24, 2.45) is 4.99 Å². The molecule has 0 radical (unpaired) electrons. The molecule has 0 N–H and O–H groups in total. The number of fused-ring (bicyclic) bond motifs is 1. The van der Waals surface area contributed by atoms with E-state index in [1.807, 2.05) is 24.3 Å². The van der Waals surface area contributed by atoms with Gasteiger partial charge in [0.2, 0.25) is 5.91 Å². The Bertz CT molecular complexity index is 900. The van der Waals surface area contributed by atoms with Gasteiger partial charge in [-0.1, -0.05) is 12.1 Å². The van der Waals surface area contributed by atoms with Gasteiger partial charge in [0.1, 0.15) is 12.3 Å². The zero-order valence-electron chi connectivity index (χ0n) is 13.2. The van der Waals surface area contributed by atoms with Crippen LogP contribution in [0.2, 0.25) is 0 Å². The van der Waals surface area contributed by atoms with Crippen molar-refractivity contribution >= 4 is 33.2 Å². The number of methoxy groups -OCH3 is 1. The molecule has 5 nitrogen and oxygen atoms in total. The zero-order chi connectivity index (χ0) is 17.3. The predicted octanol–water partition coefficient (Wildman–Crippen LogP) is 3.14. The summed E-state index contributed by atoms with van der Waals surface area (Å²) in [6.07, 6.45) is 0. The first-order valence-corrected chi connectivity index (χ1v) is 8.04. The van der Waals surface area contributed by atoms with Crippen molar-refractivity contribution in [3.8, 4) is 11.8 Å². The topological polar surface area (TPSA) is 65.7 Å². The number of halogens is 1. The van der Waals surface area contributed by atoms with Gasteiger partial charge in [-0.3, -0.25) is 9.79 Å². The summed E-state index contributed by atoms with van der Waals surface area (Å²) >= 11 is 3.49. The number of carbonyl (C=O) groups is 1. The summed E-state index contributed by atoms with van der Waals surface area (Å²) in [4.78, 5) is 18.3. The first-order valence-electron chi connectivity index (χ1n) is 7.24. The van der Waals surface area contributed by atoms with Gasteiger partial charge < -0.3 is 9.64 Å². The van der Waals surface area contributed by atoms with E-state index in [1.54, 1.807) is 31.2 Å². The van der Waals surface area contributed by atoms with Gasteiger partial charge in [-0.05, 0) is 34.1 Å². The summed E-state index contributed by atoms with van der Waals surface area (Å²) < 4.78 is 6.12. The van der Waals surface area contributed by atoms with Crippen LogP contribution in [0.25, 0.3) is 0 Å². The molecule has 6 heteroatoms. The molecule has 1 amide bonds. The lowest BCUT2D eigenvalue weighted by molar-refractivity contribution is -0.116. The molecule has 1 heterocycles. The second kappa shape index (κ2) is 6.46. The SMILES string of the molecule is COc1cc2c(cc1Br)C(c1cccc(C#N)c1)=NCC(=O)N2C. The minimum atomic E-state index is -0.105. The van der Waals surface area contributed by atoms with Crippen molar-refractivity contribution < 1.29 is 9.53 Å². The molecule has 2 aromatic carbocycles. The van der Waals surface area contributed by atoms with Gasteiger partial charge in [-0.25, -0.2) is 0 Å². The van der Waals surface area contributed by atoms with E-state index >= 15 is 0 Å². The van der Waals surface area contributed by atoms with Crippen molar-refractivity contribution in [3.05, 3.63) is 57.6 Å². The number of benzene rings is 2. The van der Waals surface area contributed by atoms with Crippen LogP contribution in [0.4, 0.5) is 5.69 Å². The molecule has 0 bridgehead atoms. The number of ether oxygens (including phenoxy) is 1. The monoisotopic (exact) mass is 383 g/mol. The predicted molar refractivity (Wildman–Crippen MR) is 95.8 cm³/mol. The van der Waals surface area contributed by atoms with Gasteiger partial charge in [-0.2, -0.15) is 5.26 Å². The fraction of sp³-hybridized carbons (Fsp3) is 0.167. The maximum absolute atomic E-state index is 12.3. The third-order valence-corrected chi connectivity index (χ3v) is 4.52. The van der Waals surface area contributed by atoms with E-state index in [2.05, 4.69) is 27.0 Å². The molecule has 1 aliphatic heterocycles. The molecular weight excluding hydrogens is 370 g/mol. The summed E-state index contributed by atoms with van der Waals surface area (Å²) in [6, 6.07) is 13.0. The highest BCUT2D eigenvalue weighted by Gasteiger charge is 2.24. The number of likely N-dealkylation sites (N-methyl/N-ethyl adjacent to an activating group) is 1. The van der Waals surface area contributed by atoms with Gasteiger partial charge in [-0.15, -0.1) is 0 Å². The number of amides is 1. The van der Waals surface area contributed by atoms with E-state index in [4.69, 9.17) is 10.00 Å². The first kappa shape index (κ1) is 16.2. The van der Waals surface area contributed by atoms with Crippen LogP contribution in [-0.2, 0) is 4.79 Å². The average molecular weight is 384 g/mol. The number of anilines is 1. The Morgan fingerprint density at radius 3 is 2.83 bits per heavy atom. The normalized spacial score (nSPS) is 13.7. The molecule has 0 saturated carbocycles. The number of nitrogens with zero attached hydrogens (tertiary/aromatic N) is 3. The molecule has 0 aliphatic carbocycles. The van der Waals surface area contributed by atoms with Gasteiger partial charge >= 0.3 is 0 Å². The number of rotatable bonds is 2. The number of aliphatic imine (C=N–C) groups is 1. The molecule has 3 rings (SSSR count). The van der Waals surface area contributed by atoms with E-state index in [9.17, 15) is 4.79 Å². The number of carbonyl (C=O) groups excluding carboxylic acids is 1. The highest BCUT2D eigenvalue weighted by atomic mass is 79.9. The van der Waals surface area contributed by atoms with Crippen molar-refractivity contribution in [2.45, 2.75) is 0 Å². The quantitative estimate of drug-likeness (QED) is 0.799. The minimum Gasteiger partial charge on any atom is -0.495 e. The first-order chi connectivity index (χ1) is 11.5. The highest BCUT2D eigenvalue weighted by molar-refractivity contribution is 9.10. The van der Waals surface area contributed by atoms with E-state index in [-0.39, 0.29) is 12.5 Å². The van der Waals surface area contributed by atoms with Gasteiger partial charge in [0, 0.05) is 24.2 Å². The second-order valence-corrected chi connectivity index (χ2v) is 6.17. The van der Waals surface area contributed by atoms with Crippen molar-refractivity contribution in [1.82, 2.24) is 0 Å². The fourth-order valence-corrected chi connectivity index (χ4v) is 3.13. The Morgan fingerprint density at radius 2 is 2.12 bits per heavy atom. The molecule has 0 aromatic heterocycles. The van der Waals surface area contributed by atoms with E-state index in [0.717, 1.165) is 21.3 Å². The molecule has 0 unspecified atom stereocenters. The maximum atomic E-state index is 12.3. The lowest BCUT2D eigenvalue weighted by Crippen LogP contribution is -2.27. The molecular formula is C18H14BrN3O2. The van der Waals surface area contributed by atoms with Crippen LogP contribution < -0.4 is 9.64 Å². The molecule has 0 fully saturated rings. The van der Waals surface area contributed by atoms with Crippen LogP contribution >= 0.6 is 15.9 Å². The molecule has 2 aromatic rings. The number of hydrogen-bond acceptors (Lipinski definition) is 4. The van der Waals surface area contributed by atoms with Crippen molar-refractivity contribution in [3.63, 3.8) is 0 Å². The summed E-state index contributed by atoms with van der Waals surface area (Å²) in [5.74, 6) is 0.535. The molecule has 1 aliphatic rings. The number of benzodiazepines with no additional fused rings is 1. The summed E-state index contributed by atoms with van der Waals surface area (Å²) in [6.45, 7) is 0.0528. The number of hydrogen-bond donors (Lipinski definition) is 0. The van der Waals surface area contributed by atoms with Crippen molar-refractivity contribution in [1.29, 1.82) is 5.26 Å². The van der Waals surface area contributed by atoms with E-state index in [1.165, 1.54) is 0 Å². The van der Waals surface area contributed by atoms with Crippen LogP contribution in [0.15, 0.2) is 45.9 Å². The fourth-order valence-electron chi connectivity index (χ4n) is 2.62. The third-order valence-electron chi connectivity index (χ3n) is 3.90. The molecule has 120 valence electrons. The summed E-state index contributed by atoms with van der Waals surface area (Å²) in [5, 5.41) is 9.13. The Kier molecular flexibility index (Phi) is 4.36. The lowest BCUT2D eigenvalue weighted by Gasteiger charge is -2.19. The average Bonchev–Trinajstić information content (AvgIpc) is 2.72. The van der Waals surface area contributed by atoms with Crippen LogP contribution in [0.3, 0.4) is 0 Å². The van der Waals surface area contributed by atoms with Crippen LogP contribution in [-0.4, -0.2) is 32.3 Å². The summed E-state index contributed by atoms with van der Waals surface area (Å²) in [5.41, 5.74) is 3.57.